The van der Waals surface area contributed by atoms with Gasteiger partial charge in [-0.2, -0.15) is 5.21 Å². The van der Waals surface area contributed by atoms with Gasteiger partial charge >= 0.3 is 5.88 Å². The van der Waals surface area contributed by atoms with E-state index in [1.54, 1.807) is 6.07 Å². The summed E-state index contributed by atoms with van der Waals surface area (Å²) in [5, 5.41) is 27.3. The van der Waals surface area contributed by atoms with Gasteiger partial charge in [-0.1, -0.05) is 12.1 Å². The fourth-order valence-corrected chi connectivity index (χ4v) is 1.80. The first-order valence-corrected chi connectivity index (χ1v) is 6.03. The largest absolute Gasteiger partial charge is 0.433 e. The maximum absolute atomic E-state index is 10.5. The number of nitrogens with zero attached hydrogens (tertiary/aromatic N) is 4. The first-order valence-electron chi connectivity index (χ1n) is 6.03. The van der Waals surface area contributed by atoms with Crippen molar-refractivity contribution < 1.29 is 9.34 Å². The molecule has 0 unspecified atom stereocenters. The molecule has 0 radical (unpaired) electrons. The van der Waals surface area contributed by atoms with E-state index in [9.17, 15) is 10.1 Å². The number of tetrazole rings is 1. The van der Waals surface area contributed by atoms with E-state index in [-0.39, 0.29) is 5.88 Å². The number of benzene rings is 1. The Hall–Kier alpha value is -3.23. The molecule has 9 heteroatoms. The summed E-state index contributed by atoms with van der Waals surface area (Å²) in [5.74, 6) is 0.700. The molecule has 0 fully saturated rings. The molecule has 0 aliphatic carbocycles. The van der Waals surface area contributed by atoms with Crippen LogP contribution in [0.25, 0.3) is 11.4 Å². The molecule has 0 saturated heterocycles. The quantitative estimate of drug-likeness (QED) is 0.543. The molecule has 2 aromatic heterocycles. The van der Waals surface area contributed by atoms with Crippen LogP contribution in [-0.2, 0) is 6.54 Å². The molecule has 1 aromatic carbocycles. The minimum absolute atomic E-state index is 0.271. The molecule has 0 bridgehead atoms. The fraction of sp³-hybridized carbons (Fsp3) is 0.0833. The summed E-state index contributed by atoms with van der Waals surface area (Å²) in [5.41, 5.74) is 1.62. The van der Waals surface area contributed by atoms with Crippen LogP contribution in [0.5, 0.6) is 0 Å². The Labute approximate surface area is 118 Å². The average Bonchev–Trinajstić information content (AvgIpc) is 3.17. The zero-order valence-electron chi connectivity index (χ0n) is 10.7. The zero-order chi connectivity index (χ0) is 14.7. The minimum Gasteiger partial charge on any atom is -0.404 e. The SMILES string of the molecule is O=[N+]([O-])c1ccc(CNc2cccc(-c3nn[nH]n3)c2)o1. The second kappa shape index (κ2) is 5.41. The van der Waals surface area contributed by atoms with Crippen LogP contribution in [0, 0.1) is 10.1 Å². The van der Waals surface area contributed by atoms with Crippen molar-refractivity contribution in [3.63, 3.8) is 0 Å². The van der Waals surface area contributed by atoms with Gasteiger partial charge in [-0.05, 0) is 23.4 Å². The van der Waals surface area contributed by atoms with Crippen molar-refractivity contribution in [2.45, 2.75) is 6.54 Å². The fourth-order valence-electron chi connectivity index (χ4n) is 1.80. The number of hydrogen-bond donors (Lipinski definition) is 2. The predicted molar refractivity (Wildman–Crippen MR) is 72.3 cm³/mol. The highest BCUT2D eigenvalue weighted by atomic mass is 16.6. The molecule has 21 heavy (non-hydrogen) atoms. The van der Waals surface area contributed by atoms with E-state index in [2.05, 4.69) is 25.9 Å². The van der Waals surface area contributed by atoms with Crippen molar-refractivity contribution in [2.24, 2.45) is 0 Å². The van der Waals surface area contributed by atoms with E-state index in [1.807, 2.05) is 24.3 Å². The number of aromatic nitrogens is 4. The molecule has 0 saturated carbocycles. The van der Waals surface area contributed by atoms with Crippen molar-refractivity contribution in [2.75, 3.05) is 5.32 Å². The van der Waals surface area contributed by atoms with Crippen LogP contribution in [0.1, 0.15) is 5.76 Å². The lowest BCUT2D eigenvalue weighted by molar-refractivity contribution is -0.402. The summed E-state index contributed by atoms with van der Waals surface area (Å²) in [6, 6.07) is 10.3. The van der Waals surface area contributed by atoms with Gasteiger partial charge in [0, 0.05) is 11.3 Å². The lowest BCUT2D eigenvalue weighted by Crippen LogP contribution is -1.98. The summed E-state index contributed by atoms with van der Waals surface area (Å²) >= 11 is 0. The second-order valence-corrected chi connectivity index (χ2v) is 4.17. The number of rotatable bonds is 5. The topological polar surface area (TPSA) is 123 Å². The average molecular weight is 286 g/mol. The van der Waals surface area contributed by atoms with Gasteiger partial charge in [0.25, 0.3) is 0 Å². The van der Waals surface area contributed by atoms with Gasteiger partial charge in [-0.15, -0.1) is 10.2 Å². The van der Waals surface area contributed by atoms with Crippen LogP contribution in [-0.4, -0.2) is 25.5 Å². The molecule has 3 aromatic rings. The summed E-state index contributed by atoms with van der Waals surface area (Å²) in [6.07, 6.45) is 0. The third-order valence-corrected chi connectivity index (χ3v) is 2.76. The van der Waals surface area contributed by atoms with Gasteiger partial charge in [-0.3, -0.25) is 10.1 Å². The number of aromatic amines is 1. The molecule has 2 N–H and O–H groups in total. The lowest BCUT2D eigenvalue weighted by Gasteiger charge is -2.05. The Balaban J connectivity index is 1.70. The van der Waals surface area contributed by atoms with Crippen molar-refractivity contribution in [3.8, 4) is 11.4 Å². The highest BCUT2D eigenvalue weighted by Gasteiger charge is 2.11. The lowest BCUT2D eigenvalue weighted by atomic mass is 10.2. The maximum atomic E-state index is 10.5. The number of hydrogen-bond acceptors (Lipinski definition) is 7. The molecule has 0 aliphatic heterocycles. The van der Waals surface area contributed by atoms with Crippen molar-refractivity contribution >= 4 is 11.6 Å². The van der Waals surface area contributed by atoms with Gasteiger partial charge in [0.15, 0.2) is 0 Å². The number of anilines is 1. The molecule has 0 spiro atoms. The Bertz CT molecular complexity index is 752. The molecule has 106 valence electrons. The molecule has 0 atom stereocenters. The predicted octanol–water partition coefficient (Wildman–Crippen LogP) is 1.98. The molecular weight excluding hydrogens is 276 g/mol. The summed E-state index contributed by atoms with van der Waals surface area (Å²) in [7, 11) is 0. The van der Waals surface area contributed by atoms with Gasteiger partial charge in [0.1, 0.15) is 10.7 Å². The third-order valence-electron chi connectivity index (χ3n) is 2.76. The van der Waals surface area contributed by atoms with Gasteiger partial charge in [0.05, 0.1) is 12.6 Å². The van der Waals surface area contributed by atoms with Crippen molar-refractivity contribution in [1.82, 2.24) is 20.6 Å². The normalized spacial score (nSPS) is 10.5. The van der Waals surface area contributed by atoms with Gasteiger partial charge in [0.2, 0.25) is 5.82 Å². The van der Waals surface area contributed by atoms with Crippen LogP contribution in [0.15, 0.2) is 40.8 Å². The van der Waals surface area contributed by atoms with Crippen LogP contribution in [0.3, 0.4) is 0 Å². The number of nitro groups is 1. The molecule has 0 aliphatic rings. The van der Waals surface area contributed by atoms with Crippen LogP contribution in [0.4, 0.5) is 11.6 Å². The van der Waals surface area contributed by atoms with E-state index < -0.39 is 4.92 Å². The van der Waals surface area contributed by atoms with E-state index in [0.29, 0.717) is 18.1 Å². The third kappa shape index (κ3) is 2.86. The summed E-state index contributed by atoms with van der Waals surface area (Å²) in [6.45, 7) is 0.337. The van der Waals surface area contributed by atoms with E-state index in [1.165, 1.54) is 6.07 Å². The van der Waals surface area contributed by atoms with E-state index in [0.717, 1.165) is 11.3 Å². The number of nitrogens with one attached hydrogen (secondary N) is 2. The summed E-state index contributed by atoms with van der Waals surface area (Å²) in [4.78, 5) is 9.96. The van der Waals surface area contributed by atoms with Crippen LogP contribution in [0.2, 0.25) is 0 Å². The zero-order valence-corrected chi connectivity index (χ0v) is 10.7. The summed E-state index contributed by atoms with van der Waals surface area (Å²) < 4.78 is 5.07. The molecule has 2 heterocycles. The van der Waals surface area contributed by atoms with Crippen molar-refractivity contribution in [3.05, 3.63) is 52.3 Å². The maximum Gasteiger partial charge on any atom is 0.433 e. The Morgan fingerprint density at radius 2 is 2.24 bits per heavy atom. The number of H-pyrrole nitrogens is 1. The van der Waals surface area contributed by atoms with Crippen LogP contribution < -0.4 is 5.32 Å². The second-order valence-electron chi connectivity index (χ2n) is 4.17. The molecular formula is C12H10N6O3. The van der Waals surface area contributed by atoms with E-state index >= 15 is 0 Å². The van der Waals surface area contributed by atoms with Crippen LogP contribution >= 0.6 is 0 Å². The highest BCUT2D eigenvalue weighted by Crippen LogP contribution is 2.20. The molecule has 3 rings (SSSR count). The number of furan rings is 1. The van der Waals surface area contributed by atoms with Gasteiger partial charge < -0.3 is 9.73 Å². The molecule has 0 amide bonds. The first-order chi connectivity index (χ1) is 10.2. The monoisotopic (exact) mass is 286 g/mol. The van der Waals surface area contributed by atoms with E-state index in [4.69, 9.17) is 4.42 Å². The Morgan fingerprint density at radius 3 is 2.95 bits per heavy atom. The Kier molecular flexibility index (Phi) is 3.29. The Morgan fingerprint density at radius 1 is 1.33 bits per heavy atom. The standard InChI is InChI=1S/C12H10N6O3/c19-18(20)11-5-4-10(21-11)7-13-9-3-1-2-8(6-9)12-14-16-17-15-12/h1-6,13H,7H2,(H,14,15,16,17). The highest BCUT2D eigenvalue weighted by molar-refractivity contribution is 5.61. The van der Waals surface area contributed by atoms with Crippen molar-refractivity contribution in [1.29, 1.82) is 0 Å². The first kappa shape index (κ1) is 12.8. The van der Waals surface area contributed by atoms with Gasteiger partial charge in [-0.25, -0.2) is 0 Å². The molecule has 9 nitrogen and oxygen atoms in total. The minimum atomic E-state index is -0.569. The smallest absolute Gasteiger partial charge is 0.404 e.